The van der Waals surface area contributed by atoms with E-state index in [0.29, 0.717) is 10.0 Å². The van der Waals surface area contributed by atoms with Gasteiger partial charge in [0.1, 0.15) is 0 Å². The summed E-state index contributed by atoms with van der Waals surface area (Å²) in [5.74, 6) is 0. The van der Waals surface area contributed by atoms with E-state index in [1.54, 1.807) is 35.0 Å². The molecule has 1 unspecified atom stereocenters. The van der Waals surface area contributed by atoms with Crippen molar-refractivity contribution in [3.05, 3.63) is 71.9 Å². The first-order valence-electron chi connectivity index (χ1n) is 7.19. The number of aromatic nitrogens is 2. The van der Waals surface area contributed by atoms with Crippen LogP contribution in [0.5, 0.6) is 0 Å². The summed E-state index contributed by atoms with van der Waals surface area (Å²) in [5, 5.41) is 4.72. The molecule has 124 valence electrons. The molecule has 1 N–H and O–H groups in total. The fourth-order valence-electron chi connectivity index (χ4n) is 2.38. The van der Waals surface area contributed by atoms with Gasteiger partial charge in [-0.25, -0.2) is 8.89 Å². The van der Waals surface area contributed by atoms with Gasteiger partial charge in [0, 0.05) is 11.6 Å². The van der Waals surface area contributed by atoms with E-state index in [2.05, 4.69) is 11.7 Å². The zero-order valence-corrected chi connectivity index (χ0v) is 17.5. The normalized spacial score (nSPS) is 11.6. The van der Waals surface area contributed by atoms with E-state index in [9.17, 15) is 4.21 Å². The van der Waals surface area contributed by atoms with Crippen LogP contribution in [-0.2, 0) is 11.1 Å². The second kappa shape index (κ2) is 8.45. The van der Waals surface area contributed by atoms with Gasteiger partial charge in [-0.05, 0) is 36.8 Å². The van der Waals surface area contributed by atoms with E-state index in [1.165, 1.54) is 0 Å². The van der Waals surface area contributed by atoms with Gasteiger partial charge in [0.25, 0.3) is 0 Å². The molecule has 1 atom stereocenters. The number of allylic oxidation sites excluding steroid dienone is 1. The Labute approximate surface area is 177 Å². The third kappa shape index (κ3) is 4.50. The third-order valence-corrected chi connectivity index (χ3v) is 4.50. The first-order valence-corrected chi connectivity index (χ1v) is 8.67. The van der Waals surface area contributed by atoms with Gasteiger partial charge in [-0.1, -0.05) is 48.0 Å². The Morgan fingerprint density at radius 1 is 1.20 bits per heavy atom. The second-order valence-corrected chi connectivity index (χ2v) is 6.72. The van der Waals surface area contributed by atoms with E-state index < -0.39 is 11.1 Å². The molecule has 0 radical (unpaired) electrons. The maximum absolute atomic E-state index is 11.1. The van der Waals surface area contributed by atoms with Crippen molar-refractivity contribution in [1.29, 1.82) is 0 Å². The minimum Gasteiger partial charge on any atom is -1.00 e. The van der Waals surface area contributed by atoms with Crippen molar-refractivity contribution >= 4 is 28.3 Å². The van der Waals surface area contributed by atoms with Crippen LogP contribution in [0.15, 0.2) is 66.1 Å². The molecule has 0 aliphatic rings. The summed E-state index contributed by atoms with van der Waals surface area (Å²) in [6.45, 7) is 5.89. The average Bonchev–Trinajstić information content (AvgIpc) is 2.97. The van der Waals surface area contributed by atoms with Gasteiger partial charge in [-0.15, -0.1) is 0 Å². The monoisotopic (exact) mass is 382 g/mol. The van der Waals surface area contributed by atoms with Crippen LogP contribution in [0.3, 0.4) is 0 Å². The van der Waals surface area contributed by atoms with Crippen molar-refractivity contribution < 1.29 is 39.7 Å². The molecule has 1 heterocycles. The van der Waals surface area contributed by atoms with Crippen LogP contribution in [0.4, 0.5) is 0 Å². The van der Waals surface area contributed by atoms with Gasteiger partial charge < -0.3 is 5.98 Å². The third-order valence-electron chi connectivity index (χ3n) is 3.64. The summed E-state index contributed by atoms with van der Waals surface area (Å²) in [4.78, 5) is 0.349. The summed E-state index contributed by atoms with van der Waals surface area (Å²) < 4.78 is 22.0. The zero-order chi connectivity index (χ0) is 17.3. The van der Waals surface area contributed by atoms with E-state index in [0.717, 1.165) is 28.1 Å². The Kier molecular flexibility index (Phi) is 6.79. The predicted octanol–water partition coefficient (Wildman–Crippen LogP) is 1.92. The maximum atomic E-state index is 11.1. The van der Waals surface area contributed by atoms with Crippen LogP contribution in [0, 0.1) is 0 Å². The van der Waals surface area contributed by atoms with Crippen LogP contribution in [-0.4, -0.2) is 18.5 Å². The molecular formula is C18H16ClN2NaO2S. The van der Waals surface area contributed by atoms with E-state index in [1.807, 2.05) is 31.2 Å². The molecule has 25 heavy (non-hydrogen) atoms. The number of nitrogens with zero attached hydrogens (tertiary/aromatic N) is 2. The average molecular weight is 383 g/mol. The van der Waals surface area contributed by atoms with Crippen molar-refractivity contribution in [3.63, 3.8) is 0 Å². The van der Waals surface area contributed by atoms with Crippen molar-refractivity contribution in [1.82, 2.24) is 9.78 Å². The van der Waals surface area contributed by atoms with Crippen molar-refractivity contribution in [2.45, 2.75) is 11.8 Å². The maximum Gasteiger partial charge on any atom is 1.00 e. The molecule has 2 aromatic carbocycles. The van der Waals surface area contributed by atoms with E-state index in [-0.39, 0.29) is 31.0 Å². The van der Waals surface area contributed by atoms with E-state index in [4.69, 9.17) is 16.2 Å². The zero-order valence-electron chi connectivity index (χ0n) is 14.9. The van der Waals surface area contributed by atoms with Gasteiger partial charge >= 0.3 is 29.6 Å². The molecule has 7 heteroatoms. The minimum absolute atomic E-state index is 0. The van der Waals surface area contributed by atoms with Gasteiger partial charge in [-0.3, -0.25) is 0 Å². The Hall–Kier alpha value is -1.21. The SMILES string of the molecule is C=C(C)c1ccc(-n2nc(Cl)cc2-c2ccc(S(=O)O)cc2)cc1.[H-].[Na+]. The molecule has 4 nitrogen and oxygen atoms in total. The molecule has 0 bridgehead atoms. The van der Waals surface area contributed by atoms with Crippen molar-refractivity contribution in [3.8, 4) is 16.9 Å². The molecule has 0 saturated carbocycles. The Morgan fingerprint density at radius 3 is 2.32 bits per heavy atom. The topological polar surface area (TPSA) is 55.1 Å². The van der Waals surface area contributed by atoms with Gasteiger partial charge in [0.15, 0.2) is 16.2 Å². The van der Waals surface area contributed by atoms with Gasteiger partial charge in [0.2, 0.25) is 0 Å². The van der Waals surface area contributed by atoms with E-state index >= 15 is 0 Å². The number of benzene rings is 2. The molecule has 1 aromatic heterocycles. The number of halogens is 1. The van der Waals surface area contributed by atoms with Crippen molar-refractivity contribution in [2.24, 2.45) is 0 Å². The fraction of sp³-hybridized carbons (Fsp3) is 0.0556. The van der Waals surface area contributed by atoms with Crippen LogP contribution >= 0.6 is 11.6 Å². The minimum atomic E-state index is -1.99. The number of rotatable bonds is 4. The predicted molar refractivity (Wildman–Crippen MR) is 98.9 cm³/mol. The Balaban J connectivity index is 0.00000169. The summed E-state index contributed by atoms with van der Waals surface area (Å²) in [7, 11) is 0. The molecular weight excluding hydrogens is 367 g/mol. The largest absolute Gasteiger partial charge is 1.00 e. The molecule has 3 rings (SSSR count). The molecule has 3 aromatic rings. The van der Waals surface area contributed by atoms with Crippen LogP contribution < -0.4 is 29.6 Å². The summed E-state index contributed by atoms with van der Waals surface area (Å²) in [5.41, 5.74) is 4.59. The van der Waals surface area contributed by atoms with Gasteiger partial charge in [0.05, 0.1) is 16.3 Å². The molecule has 0 aliphatic heterocycles. The van der Waals surface area contributed by atoms with Crippen LogP contribution in [0.2, 0.25) is 5.15 Å². The first-order chi connectivity index (χ1) is 11.5. The van der Waals surface area contributed by atoms with Gasteiger partial charge in [-0.2, -0.15) is 5.10 Å². The molecule has 0 aliphatic carbocycles. The number of hydrogen-bond donors (Lipinski definition) is 1. The molecule has 0 fully saturated rings. The molecule has 0 amide bonds. The van der Waals surface area contributed by atoms with Crippen LogP contribution in [0.25, 0.3) is 22.5 Å². The second-order valence-electron chi connectivity index (χ2n) is 5.36. The smallest absolute Gasteiger partial charge is 1.00 e. The summed E-state index contributed by atoms with van der Waals surface area (Å²) in [6.07, 6.45) is 0. The Morgan fingerprint density at radius 2 is 1.80 bits per heavy atom. The molecule has 0 spiro atoms. The first kappa shape index (κ1) is 20.1. The Bertz CT molecular complexity index is 852. The fourth-order valence-corrected chi connectivity index (χ4v) is 2.93. The molecule has 0 saturated heterocycles. The summed E-state index contributed by atoms with van der Waals surface area (Å²) >= 11 is 4.10. The number of hydrogen-bond acceptors (Lipinski definition) is 2. The summed E-state index contributed by atoms with van der Waals surface area (Å²) in [6, 6.07) is 16.4. The quantitative estimate of drug-likeness (QED) is 0.554. The standard InChI is InChI=1S/C18H15ClN2O2S.Na.H/c1-12(2)13-3-7-15(8-4-13)21-17(11-18(19)20-21)14-5-9-16(10-6-14)24(22)23;;/h3-11H,1H2,2H3,(H,22,23);;/q;+1;-1. The van der Waals surface area contributed by atoms with Crippen LogP contribution in [0.1, 0.15) is 13.9 Å². The van der Waals surface area contributed by atoms with Crippen molar-refractivity contribution in [2.75, 3.05) is 0 Å².